The van der Waals surface area contributed by atoms with E-state index in [1.807, 2.05) is 0 Å². The van der Waals surface area contributed by atoms with E-state index in [-0.39, 0.29) is 5.75 Å². The predicted molar refractivity (Wildman–Crippen MR) is 97.5 cm³/mol. The molecule has 136 valence electrons. The minimum atomic E-state index is -0.557. The molecular formula is C21H16O6. The van der Waals surface area contributed by atoms with Crippen molar-refractivity contribution < 1.29 is 28.9 Å². The fourth-order valence-electron chi connectivity index (χ4n) is 2.23. The molecule has 0 aliphatic rings. The highest BCUT2D eigenvalue weighted by Crippen LogP contribution is 2.21. The third kappa shape index (κ3) is 4.64. The van der Waals surface area contributed by atoms with E-state index in [0.29, 0.717) is 28.4 Å². The van der Waals surface area contributed by atoms with Crippen molar-refractivity contribution in [3.05, 3.63) is 83.9 Å². The lowest BCUT2D eigenvalue weighted by atomic mass is 10.2. The van der Waals surface area contributed by atoms with Gasteiger partial charge in [-0.05, 0) is 72.8 Å². The van der Waals surface area contributed by atoms with E-state index in [4.69, 9.17) is 14.2 Å². The Hall–Kier alpha value is -3.80. The highest BCUT2D eigenvalue weighted by Gasteiger charge is 2.11. The lowest BCUT2D eigenvalue weighted by molar-refractivity contribution is 0.0719. The SMILES string of the molecule is COc1ccc(C(=O)Oc2ccc(OC(=O)c3ccc(O)cc3)cc2)cc1. The van der Waals surface area contributed by atoms with Gasteiger partial charge in [-0.2, -0.15) is 0 Å². The number of methoxy groups -OCH3 is 1. The van der Waals surface area contributed by atoms with Crippen LogP contribution in [0.3, 0.4) is 0 Å². The summed E-state index contributed by atoms with van der Waals surface area (Å²) in [7, 11) is 1.54. The molecule has 6 nitrogen and oxygen atoms in total. The number of phenolic OH excluding ortho intramolecular Hbond substituents is 1. The Morgan fingerprint density at radius 1 is 0.630 bits per heavy atom. The summed E-state index contributed by atoms with van der Waals surface area (Å²) in [5, 5.41) is 9.24. The van der Waals surface area contributed by atoms with E-state index in [1.54, 1.807) is 31.4 Å². The molecule has 1 N–H and O–H groups in total. The first kappa shape index (κ1) is 18.0. The van der Waals surface area contributed by atoms with Gasteiger partial charge in [-0.25, -0.2) is 9.59 Å². The molecule has 3 aromatic carbocycles. The van der Waals surface area contributed by atoms with Gasteiger partial charge in [-0.1, -0.05) is 0 Å². The van der Waals surface area contributed by atoms with Gasteiger partial charge in [0, 0.05) is 0 Å². The van der Waals surface area contributed by atoms with Crippen LogP contribution in [-0.4, -0.2) is 24.2 Å². The number of rotatable bonds is 5. The van der Waals surface area contributed by atoms with Gasteiger partial charge in [0.25, 0.3) is 0 Å². The maximum Gasteiger partial charge on any atom is 0.343 e. The molecule has 0 saturated carbocycles. The number of ether oxygens (including phenoxy) is 3. The van der Waals surface area contributed by atoms with Gasteiger partial charge in [-0.3, -0.25) is 0 Å². The van der Waals surface area contributed by atoms with E-state index in [1.165, 1.54) is 48.5 Å². The Bertz CT molecular complexity index is 928. The fraction of sp³-hybridized carbons (Fsp3) is 0.0476. The molecule has 0 bridgehead atoms. The van der Waals surface area contributed by atoms with Gasteiger partial charge in [0.2, 0.25) is 0 Å². The van der Waals surface area contributed by atoms with Crippen LogP contribution in [-0.2, 0) is 0 Å². The van der Waals surface area contributed by atoms with Crippen molar-refractivity contribution >= 4 is 11.9 Å². The lowest BCUT2D eigenvalue weighted by Crippen LogP contribution is -2.09. The Morgan fingerprint density at radius 2 is 1.00 bits per heavy atom. The number of esters is 2. The van der Waals surface area contributed by atoms with E-state index in [9.17, 15) is 14.7 Å². The van der Waals surface area contributed by atoms with Crippen molar-refractivity contribution in [2.24, 2.45) is 0 Å². The predicted octanol–water partition coefficient (Wildman–Crippen LogP) is 3.84. The van der Waals surface area contributed by atoms with Crippen molar-refractivity contribution in [1.29, 1.82) is 0 Å². The van der Waals surface area contributed by atoms with Crippen molar-refractivity contribution in [1.82, 2.24) is 0 Å². The molecule has 0 unspecified atom stereocenters. The standard InChI is InChI=1S/C21H16O6/c1-25-17-8-4-15(5-9-17)21(24)27-19-12-10-18(11-13-19)26-20(23)14-2-6-16(22)7-3-14/h2-13,22H,1H3. The van der Waals surface area contributed by atoms with Crippen molar-refractivity contribution in [3.63, 3.8) is 0 Å². The number of hydrogen-bond acceptors (Lipinski definition) is 6. The van der Waals surface area contributed by atoms with Crippen LogP contribution >= 0.6 is 0 Å². The smallest absolute Gasteiger partial charge is 0.343 e. The molecule has 3 aromatic rings. The van der Waals surface area contributed by atoms with Crippen LogP contribution in [0.5, 0.6) is 23.0 Å². The first-order valence-electron chi connectivity index (χ1n) is 8.02. The molecule has 0 aromatic heterocycles. The third-order valence-electron chi connectivity index (χ3n) is 3.67. The van der Waals surface area contributed by atoms with Crippen LogP contribution in [0.15, 0.2) is 72.8 Å². The van der Waals surface area contributed by atoms with Gasteiger partial charge in [0.15, 0.2) is 0 Å². The summed E-state index contributed by atoms with van der Waals surface area (Å²) in [5.41, 5.74) is 0.696. The normalized spacial score (nSPS) is 10.1. The maximum atomic E-state index is 12.1. The summed E-state index contributed by atoms with van der Waals surface area (Å²) in [6, 6.07) is 18.4. The molecule has 0 heterocycles. The molecule has 6 heteroatoms. The lowest BCUT2D eigenvalue weighted by Gasteiger charge is -2.07. The number of aromatic hydroxyl groups is 1. The summed E-state index contributed by atoms with van der Waals surface area (Å²) >= 11 is 0. The maximum absolute atomic E-state index is 12.1. The van der Waals surface area contributed by atoms with Crippen molar-refractivity contribution in [2.45, 2.75) is 0 Å². The number of phenols is 1. The number of carbonyl (C=O) groups is 2. The molecule has 0 saturated heterocycles. The Labute approximate surface area is 155 Å². The number of hydrogen-bond donors (Lipinski definition) is 1. The van der Waals surface area contributed by atoms with Gasteiger partial charge >= 0.3 is 11.9 Å². The zero-order chi connectivity index (χ0) is 19.2. The first-order chi connectivity index (χ1) is 13.0. The molecule has 0 spiro atoms. The number of benzene rings is 3. The molecule has 0 aliphatic carbocycles. The summed E-state index contributed by atoms with van der Waals surface area (Å²) in [5.74, 6) is 0.267. The molecular weight excluding hydrogens is 348 g/mol. The van der Waals surface area contributed by atoms with Crippen LogP contribution in [0.1, 0.15) is 20.7 Å². The molecule has 0 fully saturated rings. The molecule has 27 heavy (non-hydrogen) atoms. The Morgan fingerprint density at radius 3 is 1.41 bits per heavy atom. The Kier molecular flexibility index (Phi) is 5.37. The average molecular weight is 364 g/mol. The molecule has 3 rings (SSSR count). The van der Waals surface area contributed by atoms with Crippen LogP contribution in [0.25, 0.3) is 0 Å². The van der Waals surface area contributed by atoms with Crippen LogP contribution in [0, 0.1) is 0 Å². The van der Waals surface area contributed by atoms with Crippen LogP contribution in [0.2, 0.25) is 0 Å². The van der Waals surface area contributed by atoms with Gasteiger partial charge < -0.3 is 19.3 Å². The second kappa shape index (κ2) is 8.05. The molecule has 0 radical (unpaired) electrons. The summed E-state index contributed by atoms with van der Waals surface area (Å²) in [4.78, 5) is 24.1. The van der Waals surface area contributed by atoms with Gasteiger partial charge in [-0.15, -0.1) is 0 Å². The minimum absolute atomic E-state index is 0.0644. The summed E-state index contributed by atoms with van der Waals surface area (Å²) < 4.78 is 15.6. The van der Waals surface area contributed by atoms with Crippen LogP contribution in [0.4, 0.5) is 0 Å². The molecule has 0 aliphatic heterocycles. The molecule has 0 amide bonds. The topological polar surface area (TPSA) is 82.1 Å². The number of carbonyl (C=O) groups excluding carboxylic acids is 2. The highest BCUT2D eigenvalue weighted by atomic mass is 16.5. The summed E-state index contributed by atoms with van der Waals surface area (Å²) in [6.45, 7) is 0. The second-order valence-corrected chi connectivity index (χ2v) is 5.53. The third-order valence-corrected chi connectivity index (χ3v) is 3.67. The zero-order valence-electron chi connectivity index (χ0n) is 14.4. The van der Waals surface area contributed by atoms with Crippen LogP contribution < -0.4 is 14.2 Å². The first-order valence-corrected chi connectivity index (χ1v) is 8.02. The summed E-state index contributed by atoms with van der Waals surface area (Å²) in [6.07, 6.45) is 0. The fourth-order valence-corrected chi connectivity index (χ4v) is 2.23. The van der Waals surface area contributed by atoms with E-state index >= 15 is 0 Å². The quantitative estimate of drug-likeness (QED) is 0.547. The van der Waals surface area contributed by atoms with Crippen molar-refractivity contribution in [3.8, 4) is 23.0 Å². The van der Waals surface area contributed by atoms with E-state index in [2.05, 4.69) is 0 Å². The minimum Gasteiger partial charge on any atom is -0.508 e. The van der Waals surface area contributed by atoms with E-state index in [0.717, 1.165) is 0 Å². The average Bonchev–Trinajstić information content (AvgIpc) is 2.70. The van der Waals surface area contributed by atoms with Gasteiger partial charge in [0.1, 0.15) is 23.0 Å². The Balaban J connectivity index is 1.61. The highest BCUT2D eigenvalue weighted by molar-refractivity contribution is 5.92. The van der Waals surface area contributed by atoms with E-state index < -0.39 is 11.9 Å². The largest absolute Gasteiger partial charge is 0.508 e. The van der Waals surface area contributed by atoms with Gasteiger partial charge in [0.05, 0.1) is 18.2 Å². The monoisotopic (exact) mass is 364 g/mol. The van der Waals surface area contributed by atoms with Crippen molar-refractivity contribution in [2.75, 3.05) is 7.11 Å². The molecule has 0 atom stereocenters. The zero-order valence-corrected chi connectivity index (χ0v) is 14.4. The second-order valence-electron chi connectivity index (χ2n) is 5.53.